The van der Waals surface area contributed by atoms with Gasteiger partial charge in [-0.1, -0.05) is 17.2 Å². The highest BCUT2D eigenvalue weighted by molar-refractivity contribution is 7.99. The van der Waals surface area contributed by atoms with Crippen LogP contribution in [0.4, 0.5) is 5.69 Å². The van der Waals surface area contributed by atoms with E-state index < -0.39 is 17.8 Å². The first-order valence-electron chi connectivity index (χ1n) is 7.81. The maximum absolute atomic E-state index is 12.4. The van der Waals surface area contributed by atoms with E-state index in [1.165, 1.54) is 36.0 Å². The van der Waals surface area contributed by atoms with Gasteiger partial charge < -0.3 is 10.2 Å². The fourth-order valence-electron chi connectivity index (χ4n) is 2.73. The van der Waals surface area contributed by atoms with E-state index in [0.717, 1.165) is 4.90 Å². The van der Waals surface area contributed by atoms with Crippen molar-refractivity contribution in [2.45, 2.75) is 11.3 Å². The van der Waals surface area contributed by atoms with Crippen molar-refractivity contribution < 1.29 is 24.0 Å². The Labute approximate surface area is 152 Å². The summed E-state index contributed by atoms with van der Waals surface area (Å²) < 4.78 is 0. The van der Waals surface area contributed by atoms with Crippen LogP contribution in [0.15, 0.2) is 47.4 Å². The molecule has 0 saturated carbocycles. The average Bonchev–Trinajstić information content (AvgIpc) is 2.78. The van der Waals surface area contributed by atoms with Crippen molar-refractivity contribution in [3.05, 3.63) is 59.2 Å². The lowest BCUT2D eigenvalue weighted by molar-refractivity contribution is -0.115. The van der Waals surface area contributed by atoms with E-state index in [-0.39, 0.29) is 22.6 Å². The topological polar surface area (TPSA) is 92.8 Å². The number of hydrogen-bond acceptors (Lipinski definition) is 6. The Bertz CT molecular complexity index is 937. The normalized spacial score (nSPS) is 15.8. The minimum absolute atomic E-state index is 0.128. The average molecular weight is 368 g/mol. The van der Waals surface area contributed by atoms with E-state index in [2.05, 4.69) is 5.32 Å². The number of imide groups is 1. The quantitative estimate of drug-likeness (QED) is 0.819. The van der Waals surface area contributed by atoms with Crippen LogP contribution in [0.3, 0.4) is 0 Å². The van der Waals surface area contributed by atoms with Gasteiger partial charge in [-0.25, -0.2) is 4.79 Å². The Balaban J connectivity index is 1.57. The number of fused-ring (bicyclic) bond motifs is 2. The van der Waals surface area contributed by atoms with Crippen molar-refractivity contribution in [3.8, 4) is 0 Å². The van der Waals surface area contributed by atoms with Gasteiger partial charge in [0.2, 0.25) is 5.91 Å². The van der Waals surface area contributed by atoms with Gasteiger partial charge in [-0.05, 0) is 30.3 Å². The van der Waals surface area contributed by atoms with Gasteiger partial charge in [-0.2, -0.15) is 0 Å². The Hall–Kier alpha value is -3.13. The van der Waals surface area contributed by atoms with Crippen LogP contribution in [0.25, 0.3) is 0 Å². The van der Waals surface area contributed by atoms with E-state index in [1.54, 1.807) is 18.2 Å². The standard InChI is InChI=1S/C18H12N2O5S/c21-15-7-8-26-14-6-5-10(9-13(14)19-15)18(24)25-20-16(22)11-3-1-2-4-12(11)17(20)23/h1-6,9H,7-8H2,(H,19,21). The van der Waals surface area contributed by atoms with Gasteiger partial charge >= 0.3 is 5.97 Å². The summed E-state index contributed by atoms with van der Waals surface area (Å²) in [5, 5.41) is 3.19. The molecule has 0 fully saturated rings. The number of thioether (sulfide) groups is 1. The van der Waals surface area contributed by atoms with Crippen molar-refractivity contribution in [1.82, 2.24) is 5.06 Å². The molecule has 130 valence electrons. The van der Waals surface area contributed by atoms with E-state index >= 15 is 0 Å². The zero-order valence-corrected chi connectivity index (χ0v) is 14.2. The van der Waals surface area contributed by atoms with E-state index in [4.69, 9.17) is 4.84 Å². The highest BCUT2D eigenvalue weighted by Gasteiger charge is 2.38. The third-order valence-corrected chi connectivity index (χ3v) is 5.08. The maximum atomic E-state index is 12.4. The molecule has 7 nitrogen and oxygen atoms in total. The second-order valence-corrected chi connectivity index (χ2v) is 6.82. The summed E-state index contributed by atoms with van der Waals surface area (Å²) in [6.45, 7) is 0. The van der Waals surface area contributed by atoms with Gasteiger partial charge in [0.1, 0.15) is 0 Å². The van der Waals surface area contributed by atoms with Crippen LogP contribution in [0.5, 0.6) is 0 Å². The lowest BCUT2D eigenvalue weighted by atomic mass is 10.1. The summed E-state index contributed by atoms with van der Waals surface area (Å²) >= 11 is 1.50. The maximum Gasteiger partial charge on any atom is 0.364 e. The molecule has 2 aliphatic rings. The highest BCUT2D eigenvalue weighted by atomic mass is 32.2. The number of anilines is 1. The molecule has 0 radical (unpaired) electrons. The first-order valence-corrected chi connectivity index (χ1v) is 8.80. The second kappa shape index (κ2) is 6.30. The SMILES string of the molecule is O=C1CCSc2ccc(C(=O)ON3C(=O)c4ccccc4C3=O)cc2N1. The third-order valence-electron chi connectivity index (χ3n) is 4.01. The molecule has 0 aliphatic carbocycles. The fourth-order valence-corrected chi connectivity index (χ4v) is 3.67. The lowest BCUT2D eigenvalue weighted by Gasteiger charge is -2.13. The smallest absolute Gasteiger partial charge is 0.325 e. The molecule has 0 bridgehead atoms. The van der Waals surface area contributed by atoms with Gasteiger partial charge in [-0.3, -0.25) is 14.4 Å². The van der Waals surface area contributed by atoms with Crippen LogP contribution in [0.2, 0.25) is 0 Å². The van der Waals surface area contributed by atoms with Crippen molar-refractivity contribution in [2.24, 2.45) is 0 Å². The Morgan fingerprint density at radius 3 is 2.42 bits per heavy atom. The van der Waals surface area contributed by atoms with E-state index in [0.29, 0.717) is 22.9 Å². The molecule has 2 heterocycles. The van der Waals surface area contributed by atoms with Crippen molar-refractivity contribution in [3.63, 3.8) is 0 Å². The Kier molecular flexibility index (Phi) is 3.96. The van der Waals surface area contributed by atoms with Crippen LogP contribution < -0.4 is 5.32 Å². The predicted octanol–water partition coefficient (Wildman–Crippen LogP) is 2.49. The number of amides is 3. The first-order chi connectivity index (χ1) is 12.5. The van der Waals surface area contributed by atoms with E-state index in [1.807, 2.05) is 0 Å². The molecule has 2 aromatic rings. The Morgan fingerprint density at radius 1 is 1.04 bits per heavy atom. The lowest BCUT2D eigenvalue weighted by Crippen LogP contribution is -2.32. The van der Waals surface area contributed by atoms with Gasteiger partial charge in [0.25, 0.3) is 11.8 Å². The van der Waals surface area contributed by atoms with Gasteiger partial charge in [0, 0.05) is 17.1 Å². The van der Waals surface area contributed by atoms with Crippen LogP contribution in [-0.4, -0.2) is 34.5 Å². The molecular formula is C18H12N2O5S. The fraction of sp³-hybridized carbons (Fsp3) is 0.111. The summed E-state index contributed by atoms with van der Waals surface area (Å²) in [6, 6.07) is 11.0. The van der Waals surface area contributed by atoms with Gasteiger partial charge in [-0.15, -0.1) is 11.8 Å². The van der Waals surface area contributed by atoms with Gasteiger partial charge in [0.05, 0.1) is 22.4 Å². The molecule has 4 rings (SSSR count). The summed E-state index contributed by atoms with van der Waals surface area (Å²) in [4.78, 5) is 54.5. The Morgan fingerprint density at radius 2 is 1.73 bits per heavy atom. The molecule has 0 aromatic heterocycles. The van der Waals surface area contributed by atoms with Crippen LogP contribution in [0, 0.1) is 0 Å². The van der Waals surface area contributed by atoms with Crippen molar-refractivity contribution in [1.29, 1.82) is 0 Å². The summed E-state index contributed by atoms with van der Waals surface area (Å²) in [5.41, 5.74) is 1.02. The molecule has 0 saturated heterocycles. The number of rotatable bonds is 2. The first kappa shape index (κ1) is 16.3. The zero-order chi connectivity index (χ0) is 18.3. The largest absolute Gasteiger partial charge is 0.364 e. The van der Waals surface area contributed by atoms with Crippen LogP contribution in [0.1, 0.15) is 37.5 Å². The second-order valence-electron chi connectivity index (χ2n) is 5.69. The molecule has 2 aromatic carbocycles. The molecule has 26 heavy (non-hydrogen) atoms. The monoisotopic (exact) mass is 368 g/mol. The number of hydrogen-bond donors (Lipinski definition) is 1. The van der Waals surface area contributed by atoms with Gasteiger partial charge in [0.15, 0.2) is 0 Å². The minimum Gasteiger partial charge on any atom is -0.325 e. The van der Waals surface area contributed by atoms with Crippen molar-refractivity contribution >= 4 is 41.1 Å². The summed E-state index contributed by atoms with van der Waals surface area (Å²) in [7, 11) is 0. The third kappa shape index (κ3) is 2.74. The number of benzene rings is 2. The van der Waals surface area contributed by atoms with E-state index in [9.17, 15) is 19.2 Å². The molecule has 2 aliphatic heterocycles. The number of carbonyl (C=O) groups is 4. The highest BCUT2D eigenvalue weighted by Crippen LogP contribution is 2.32. The summed E-state index contributed by atoms with van der Waals surface area (Å²) in [6.07, 6.45) is 0.383. The molecular weight excluding hydrogens is 356 g/mol. The van der Waals surface area contributed by atoms with Crippen LogP contribution >= 0.6 is 11.8 Å². The molecule has 0 atom stereocenters. The zero-order valence-electron chi connectivity index (χ0n) is 13.4. The molecule has 8 heteroatoms. The number of carbonyl (C=O) groups excluding carboxylic acids is 4. The molecule has 3 amide bonds. The summed E-state index contributed by atoms with van der Waals surface area (Å²) in [5.74, 6) is -1.71. The predicted molar refractivity (Wildman–Crippen MR) is 92.8 cm³/mol. The molecule has 1 N–H and O–H groups in total. The van der Waals surface area contributed by atoms with Crippen LogP contribution in [-0.2, 0) is 9.63 Å². The van der Waals surface area contributed by atoms with Crippen molar-refractivity contribution in [2.75, 3.05) is 11.1 Å². The molecule has 0 spiro atoms. The number of nitrogens with zero attached hydrogens (tertiary/aromatic N) is 1. The minimum atomic E-state index is -0.856. The number of nitrogens with one attached hydrogen (secondary N) is 1. The number of hydroxylamine groups is 2. The molecule has 0 unspecified atom stereocenters.